The lowest BCUT2D eigenvalue weighted by Gasteiger charge is -2.19. The van der Waals surface area contributed by atoms with Crippen LogP contribution in [0.4, 0.5) is 5.69 Å². The van der Waals surface area contributed by atoms with Crippen LogP contribution in [0.25, 0.3) is 0 Å². The Morgan fingerprint density at radius 1 is 1.18 bits per heavy atom. The van der Waals surface area contributed by atoms with E-state index >= 15 is 0 Å². The molecule has 152 valence electrons. The van der Waals surface area contributed by atoms with E-state index in [0.717, 1.165) is 0 Å². The fraction of sp³-hybridized carbons (Fsp3) is 0.263. The molecule has 0 heterocycles. The summed E-state index contributed by atoms with van der Waals surface area (Å²) in [6, 6.07) is 10.4. The number of halogens is 1. The lowest BCUT2D eigenvalue weighted by atomic mass is 10.1. The van der Waals surface area contributed by atoms with Gasteiger partial charge in [0.05, 0.1) is 13.2 Å². The van der Waals surface area contributed by atoms with Gasteiger partial charge in [-0.2, -0.15) is 0 Å². The number of nitrogens with two attached hydrogens (primary N) is 1. The minimum Gasteiger partial charge on any atom is -0.490 e. The maximum absolute atomic E-state index is 11.8. The number of rotatable bonds is 10. The van der Waals surface area contributed by atoms with Crippen LogP contribution < -0.4 is 20.5 Å². The summed E-state index contributed by atoms with van der Waals surface area (Å²) in [7, 11) is 0. The highest BCUT2D eigenvalue weighted by Crippen LogP contribution is 2.32. The number of carboxylic acid groups (broad SMARTS) is 1. The molecule has 0 aliphatic rings. The van der Waals surface area contributed by atoms with E-state index < -0.39 is 12.0 Å². The van der Waals surface area contributed by atoms with E-state index in [2.05, 4.69) is 5.32 Å². The van der Waals surface area contributed by atoms with Gasteiger partial charge in [-0.25, -0.2) is 4.79 Å². The second kappa shape index (κ2) is 11.0. The van der Waals surface area contributed by atoms with E-state index in [1.54, 1.807) is 42.5 Å². The number of carboxylic acids is 1. The Hall–Kier alpha value is -2.97. The molecule has 0 spiro atoms. The summed E-state index contributed by atoms with van der Waals surface area (Å²) >= 11 is 0. The van der Waals surface area contributed by atoms with Gasteiger partial charge in [0.2, 0.25) is 0 Å². The summed E-state index contributed by atoms with van der Waals surface area (Å²) in [6.45, 7) is 2.17. The molecule has 8 nitrogen and oxygen atoms in total. The van der Waals surface area contributed by atoms with Crippen LogP contribution >= 0.6 is 12.4 Å². The molecule has 2 aromatic rings. The summed E-state index contributed by atoms with van der Waals surface area (Å²) in [5.74, 6) is -0.277. The Bertz CT molecular complexity index is 799. The number of aliphatic hydroxyl groups excluding tert-OH is 1. The summed E-state index contributed by atoms with van der Waals surface area (Å²) in [5.41, 5.74) is 7.04. The number of nitrogen functional groups attached to an aromatic ring is 1. The number of aliphatic hydroxyl groups is 1. The Morgan fingerprint density at radius 3 is 2.39 bits per heavy atom. The Labute approximate surface area is 169 Å². The lowest BCUT2D eigenvalue weighted by molar-refractivity contribution is -0.138. The highest BCUT2D eigenvalue weighted by Gasteiger charge is 2.21. The predicted octanol–water partition coefficient (Wildman–Crippen LogP) is 2.40. The van der Waals surface area contributed by atoms with Crippen LogP contribution in [0.15, 0.2) is 42.5 Å². The molecule has 1 unspecified atom stereocenters. The van der Waals surface area contributed by atoms with Gasteiger partial charge >= 0.3 is 5.97 Å². The number of hydrogen-bond acceptors (Lipinski definition) is 6. The molecule has 1 atom stereocenters. The molecule has 6 N–H and O–H groups in total. The summed E-state index contributed by atoms with van der Waals surface area (Å²) in [5, 5.41) is 28.9. The van der Waals surface area contributed by atoms with Crippen molar-refractivity contribution >= 4 is 29.9 Å². The normalized spacial score (nSPS) is 11.1. The monoisotopic (exact) mass is 409 g/mol. The summed E-state index contributed by atoms with van der Waals surface area (Å²) in [4.78, 5) is 11.8. The second-order valence-electron chi connectivity index (χ2n) is 5.62. The van der Waals surface area contributed by atoms with E-state index in [0.29, 0.717) is 34.9 Å². The van der Waals surface area contributed by atoms with Gasteiger partial charge in [0.1, 0.15) is 12.4 Å². The summed E-state index contributed by atoms with van der Waals surface area (Å²) in [6.07, 6.45) is 0. The number of amidine groups is 1. The van der Waals surface area contributed by atoms with Crippen molar-refractivity contribution in [3.05, 3.63) is 53.6 Å². The van der Waals surface area contributed by atoms with Gasteiger partial charge in [0.15, 0.2) is 17.5 Å². The third-order valence-corrected chi connectivity index (χ3v) is 3.70. The van der Waals surface area contributed by atoms with Crippen LogP contribution in [-0.4, -0.2) is 41.8 Å². The van der Waals surface area contributed by atoms with Crippen molar-refractivity contribution < 1.29 is 24.5 Å². The molecular formula is C19H24ClN3O5. The van der Waals surface area contributed by atoms with Crippen molar-refractivity contribution in [1.82, 2.24) is 0 Å². The minimum absolute atomic E-state index is 0. The van der Waals surface area contributed by atoms with Gasteiger partial charge in [-0.1, -0.05) is 6.07 Å². The van der Waals surface area contributed by atoms with Crippen molar-refractivity contribution in [2.24, 2.45) is 5.73 Å². The zero-order valence-electron chi connectivity index (χ0n) is 15.3. The van der Waals surface area contributed by atoms with Gasteiger partial charge in [-0.15, -0.1) is 12.4 Å². The first kappa shape index (κ1) is 23.1. The number of aliphatic carboxylic acids is 1. The van der Waals surface area contributed by atoms with E-state index in [9.17, 15) is 9.90 Å². The first-order chi connectivity index (χ1) is 13.0. The molecule has 2 rings (SSSR count). The number of anilines is 1. The molecule has 9 heteroatoms. The van der Waals surface area contributed by atoms with E-state index in [1.807, 2.05) is 6.92 Å². The third-order valence-electron chi connectivity index (χ3n) is 3.70. The molecule has 0 saturated carbocycles. The highest BCUT2D eigenvalue weighted by molar-refractivity contribution is 5.95. The molecule has 0 saturated heterocycles. The fourth-order valence-corrected chi connectivity index (χ4v) is 2.45. The van der Waals surface area contributed by atoms with Crippen LogP contribution in [0.3, 0.4) is 0 Å². The SMILES string of the molecule is CCOc1cc(C(Nc2ccc(C(=N)N)cc2)C(=O)O)ccc1OCCO.Cl. The number of nitrogens with one attached hydrogen (secondary N) is 2. The van der Waals surface area contributed by atoms with Crippen molar-refractivity contribution in [3.63, 3.8) is 0 Å². The van der Waals surface area contributed by atoms with Crippen molar-refractivity contribution in [1.29, 1.82) is 5.41 Å². The van der Waals surface area contributed by atoms with Gasteiger partial charge in [-0.05, 0) is 48.9 Å². The van der Waals surface area contributed by atoms with Crippen LogP contribution in [-0.2, 0) is 4.79 Å². The van der Waals surface area contributed by atoms with Gasteiger partial charge < -0.3 is 30.7 Å². The molecule has 0 radical (unpaired) electrons. The number of ether oxygens (including phenoxy) is 2. The van der Waals surface area contributed by atoms with Crippen molar-refractivity contribution in [3.8, 4) is 11.5 Å². The average molecular weight is 410 g/mol. The molecule has 0 amide bonds. The first-order valence-electron chi connectivity index (χ1n) is 8.40. The second-order valence-corrected chi connectivity index (χ2v) is 5.62. The first-order valence-corrected chi connectivity index (χ1v) is 8.40. The molecule has 0 bridgehead atoms. The lowest BCUT2D eigenvalue weighted by Crippen LogP contribution is -2.21. The maximum atomic E-state index is 11.8. The Kier molecular flexibility index (Phi) is 9.07. The van der Waals surface area contributed by atoms with Crippen LogP contribution in [0.1, 0.15) is 24.1 Å². The number of benzene rings is 2. The van der Waals surface area contributed by atoms with Crippen molar-refractivity contribution in [2.75, 3.05) is 25.1 Å². The molecule has 0 fully saturated rings. The molecular weight excluding hydrogens is 386 g/mol. The van der Waals surface area contributed by atoms with Crippen LogP contribution in [0.2, 0.25) is 0 Å². The summed E-state index contributed by atoms with van der Waals surface area (Å²) < 4.78 is 10.9. The van der Waals surface area contributed by atoms with Gasteiger partial charge in [0.25, 0.3) is 0 Å². The molecule has 2 aromatic carbocycles. The average Bonchev–Trinajstić information content (AvgIpc) is 2.65. The standard InChI is InChI=1S/C19H23N3O5.ClH/c1-2-26-16-11-13(5-8-15(16)27-10-9-23)17(19(24)25)22-14-6-3-12(4-7-14)18(20)21;/h3-8,11,17,22-23H,2,9-10H2,1H3,(H3,20,21)(H,24,25);1H. The molecule has 0 aromatic heterocycles. The maximum Gasteiger partial charge on any atom is 0.330 e. The molecule has 0 aliphatic heterocycles. The number of hydrogen-bond donors (Lipinski definition) is 5. The van der Waals surface area contributed by atoms with Gasteiger partial charge in [-0.3, -0.25) is 5.41 Å². The van der Waals surface area contributed by atoms with E-state index in [1.165, 1.54) is 0 Å². The quantitative estimate of drug-likeness (QED) is 0.300. The zero-order chi connectivity index (χ0) is 19.8. The third kappa shape index (κ3) is 6.04. The Balaban J connectivity index is 0.00000392. The molecule has 0 aliphatic carbocycles. The van der Waals surface area contributed by atoms with Crippen LogP contribution in [0.5, 0.6) is 11.5 Å². The zero-order valence-corrected chi connectivity index (χ0v) is 16.2. The van der Waals surface area contributed by atoms with E-state index in [-0.39, 0.29) is 31.5 Å². The largest absolute Gasteiger partial charge is 0.490 e. The highest BCUT2D eigenvalue weighted by atomic mass is 35.5. The fourth-order valence-electron chi connectivity index (χ4n) is 2.45. The minimum atomic E-state index is -1.06. The van der Waals surface area contributed by atoms with E-state index in [4.69, 9.17) is 25.7 Å². The Morgan fingerprint density at radius 2 is 1.86 bits per heavy atom. The van der Waals surface area contributed by atoms with Gasteiger partial charge in [0, 0.05) is 11.3 Å². The van der Waals surface area contributed by atoms with Crippen molar-refractivity contribution in [2.45, 2.75) is 13.0 Å². The molecule has 28 heavy (non-hydrogen) atoms. The predicted molar refractivity (Wildman–Crippen MR) is 109 cm³/mol. The number of carbonyl (C=O) groups is 1. The topological polar surface area (TPSA) is 138 Å². The smallest absolute Gasteiger partial charge is 0.330 e. The van der Waals surface area contributed by atoms with Crippen LogP contribution in [0, 0.1) is 5.41 Å².